The van der Waals surface area contributed by atoms with E-state index in [0.29, 0.717) is 65.2 Å². The second kappa shape index (κ2) is 12.4. The maximum atomic E-state index is 15.4. The van der Waals surface area contributed by atoms with Gasteiger partial charge in [-0.1, -0.05) is 18.2 Å². The highest BCUT2D eigenvalue weighted by atomic mass is 19.1. The van der Waals surface area contributed by atoms with Gasteiger partial charge >= 0.3 is 0 Å². The lowest BCUT2D eigenvalue weighted by molar-refractivity contribution is -0.136. The van der Waals surface area contributed by atoms with E-state index in [1.807, 2.05) is 12.1 Å². The van der Waals surface area contributed by atoms with Crippen molar-refractivity contribution in [1.82, 2.24) is 10.2 Å². The number of ether oxygens (including phenoxy) is 2. The lowest BCUT2D eigenvalue weighted by Crippen LogP contribution is -2.52. The van der Waals surface area contributed by atoms with Gasteiger partial charge in [-0.2, -0.15) is 5.26 Å². The number of hydrogen-bond acceptors (Lipinski definition) is 8. The van der Waals surface area contributed by atoms with Crippen molar-refractivity contribution in [2.45, 2.75) is 57.4 Å². The monoisotopic (exact) mass is 626 g/mol. The standard InChI is InChI=1S/C35H35FN4O6/c1-35(44,23-12-14-39(15-13-23)25-9-7-21(18-37)31(17-25)45-2)24-8-6-22(28(36)16-24)20-46-30-5-3-4-26-27(30)19-40(34(26)43)29-10-11-32(41)38-33(29)42/h3-9,16-17,23,29,44H,10-15,19-20H2,1-2H3,(H,38,41,42)/t29-,35?/m0/s1. The Hall–Kier alpha value is -4.95. The van der Waals surface area contributed by atoms with E-state index in [2.05, 4.69) is 16.3 Å². The van der Waals surface area contributed by atoms with E-state index < -0.39 is 23.4 Å². The van der Waals surface area contributed by atoms with Gasteiger partial charge < -0.3 is 24.4 Å². The van der Waals surface area contributed by atoms with Crippen LogP contribution in [-0.4, -0.2) is 54.0 Å². The van der Waals surface area contributed by atoms with Crippen LogP contribution < -0.4 is 19.7 Å². The fraction of sp³-hybridized carbons (Fsp3) is 0.371. The third-order valence-corrected chi connectivity index (χ3v) is 9.52. The maximum Gasteiger partial charge on any atom is 0.255 e. The predicted octanol–water partition coefficient (Wildman–Crippen LogP) is 4.17. The molecule has 238 valence electrons. The highest BCUT2D eigenvalue weighted by molar-refractivity contribution is 6.05. The third-order valence-electron chi connectivity index (χ3n) is 9.52. The molecule has 3 aromatic rings. The van der Waals surface area contributed by atoms with E-state index in [-0.39, 0.29) is 43.7 Å². The second-order valence-corrected chi connectivity index (χ2v) is 12.2. The molecule has 3 amide bonds. The summed E-state index contributed by atoms with van der Waals surface area (Å²) in [5, 5.41) is 23.1. The molecular weight excluding hydrogens is 591 g/mol. The smallest absolute Gasteiger partial charge is 0.255 e. The van der Waals surface area contributed by atoms with Gasteiger partial charge in [-0.15, -0.1) is 0 Å². The Morgan fingerprint density at radius 3 is 2.54 bits per heavy atom. The molecule has 0 radical (unpaired) electrons. The minimum Gasteiger partial charge on any atom is -0.495 e. The van der Waals surface area contributed by atoms with E-state index in [1.54, 1.807) is 43.3 Å². The molecule has 0 aliphatic carbocycles. The second-order valence-electron chi connectivity index (χ2n) is 12.2. The first kappa shape index (κ1) is 31.0. The highest BCUT2D eigenvalue weighted by Crippen LogP contribution is 2.39. The highest BCUT2D eigenvalue weighted by Gasteiger charge is 2.40. The van der Waals surface area contributed by atoms with Crippen molar-refractivity contribution in [2.75, 3.05) is 25.1 Å². The Bertz CT molecular complexity index is 1740. The normalized spacial score (nSPS) is 19.7. The van der Waals surface area contributed by atoms with Gasteiger partial charge in [0.2, 0.25) is 11.8 Å². The van der Waals surface area contributed by atoms with Crippen LogP contribution in [0.25, 0.3) is 0 Å². The quantitative estimate of drug-likeness (QED) is 0.356. The maximum absolute atomic E-state index is 15.4. The van der Waals surface area contributed by atoms with Gasteiger partial charge in [-0.25, -0.2) is 4.39 Å². The first-order valence-electron chi connectivity index (χ1n) is 15.3. The molecule has 2 N–H and O–H groups in total. The number of aliphatic hydroxyl groups is 1. The molecule has 11 heteroatoms. The molecule has 3 aromatic carbocycles. The zero-order valence-electron chi connectivity index (χ0n) is 25.7. The molecular formula is C35H35FN4O6. The summed E-state index contributed by atoms with van der Waals surface area (Å²) in [6, 6.07) is 16.6. The molecule has 10 nitrogen and oxygen atoms in total. The van der Waals surface area contributed by atoms with Gasteiger partial charge in [0.25, 0.3) is 5.91 Å². The average Bonchev–Trinajstić information content (AvgIpc) is 3.40. The number of nitrogens with zero attached hydrogens (tertiary/aromatic N) is 3. The van der Waals surface area contributed by atoms with Crippen molar-refractivity contribution >= 4 is 23.4 Å². The fourth-order valence-corrected chi connectivity index (χ4v) is 6.73. The Morgan fingerprint density at radius 2 is 1.85 bits per heavy atom. The summed E-state index contributed by atoms with van der Waals surface area (Å²) in [5.74, 6) is -0.812. The van der Waals surface area contributed by atoms with Gasteiger partial charge in [0.05, 0.1) is 24.8 Å². The lowest BCUT2D eigenvalue weighted by Gasteiger charge is -2.41. The number of amides is 3. The summed E-state index contributed by atoms with van der Waals surface area (Å²) in [4.78, 5) is 40.7. The van der Waals surface area contributed by atoms with Crippen molar-refractivity contribution in [3.63, 3.8) is 0 Å². The third kappa shape index (κ3) is 5.76. The molecule has 6 rings (SSSR count). The number of methoxy groups -OCH3 is 1. The van der Waals surface area contributed by atoms with Crippen molar-refractivity contribution in [3.05, 3.63) is 88.2 Å². The van der Waals surface area contributed by atoms with Gasteiger partial charge in [0, 0.05) is 48.0 Å². The number of halogens is 1. The number of imide groups is 1. The van der Waals surface area contributed by atoms with E-state index in [9.17, 15) is 24.8 Å². The zero-order valence-corrected chi connectivity index (χ0v) is 25.7. The Balaban J connectivity index is 1.10. The van der Waals surface area contributed by atoms with Crippen LogP contribution in [0.1, 0.15) is 65.2 Å². The Kier molecular flexibility index (Phi) is 8.40. The van der Waals surface area contributed by atoms with Crippen LogP contribution in [0.5, 0.6) is 11.5 Å². The van der Waals surface area contributed by atoms with Crippen LogP contribution in [0.2, 0.25) is 0 Å². The number of anilines is 1. The first-order valence-corrected chi connectivity index (χ1v) is 15.3. The molecule has 0 aromatic heterocycles. The molecule has 2 saturated heterocycles. The number of carbonyl (C=O) groups is 3. The SMILES string of the molecule is COc1cc(N2CCC(C(C)(O)c3ccc(COc4cccc5c4CN([C@H]4CCC(=O)NC4=O)C5=O)c(F)c3)CC2)ccc1C#N. The molecule has 2 atom stereocenters. The van der Waals surface area contributed by atoms with Crippen LogP contribution in [0.3, 0.4) is 0 Å². The number of nitrogens with one attached hydrogen (secondary N) is 1. The minimum absolute atomic E-state index is 0.0935. The number of piperidine rings is 2. The fourth-order valence-electron chi connectivity index (χ4n) is 6.73. The largest absolute Gasteiger partial charge is 0.495 e. The molecule has 0 saturated carbocycles. The molecule has 3 aliphatic heterocycles. The van der Waals surface area contributed by atoms with Crippen LogP contribution in [0, 0.1) is 23.1 Å². The van der Waals surface area contributed by atoms with Gasteiger partial charge in [0.1, 0.15) is 36.0 Å². The summed E-state index contributed by atoms with van der Waals surface area (Å²) in [6.45, 7) is 3.16. The summed E-state index contributed by atoms with van der Waals surface area (Å²) in [6.07, 6.45) is 1.80. The number of fused-ring (bicyclic) bond motifs is 1. The average molecular weight is 627 g/mol. The molecule has 0 bridgehead atoms. The molecule has 46 heavy (non-hydrogen) atoms. The lowest BCUT2D eigenvalue weighted by atomic mass is 9.77. The molecule has 3 aliphatic rings. The van der Waals surface area contributed by atoms with Crippen molar-refractivity contribution in [2.24, 2.45) is 5.92 Å². The van der Waals surface area contributed by atoms with Crippen LogP contribution in [0.15, 0.2) is 54.6 Å². The zero-order chi connectivity index (χ0) is 32.6. The van der Waals surface area contributed by atoms with Crippen molar-refractivity contribution in [1.29, 1.82) is 5.26 Å². The first-order chi connectivity index (χ1) is 22.1. The Morgan fingerprint density at radius 1 is 1.07 bits per heavy atom. The van der Waals surface area contributed by atoms with E-state index in [0.717, 1.165) is 5.69 Å². The molecule has 3 heterocycles. The summed E-state index contributed by atoms with van der Waals surface area (Å²) >= 11 is 0. The van der Waals surface area contributed by atoms with E-state index >= 15 is 4.39 Å². The number of rotatable bonds is 8. The van der Waals surface area contributed by atoms with Crippen molar-refractivity contribution in [3.8, 4) is 17.6 Å². The Labute approximate surface area is 266 Å². The predicted molar refractivity (Wildman–Crippen MR) is 165 cm³/mol. The van der Waals surface area contributed by atoms with Crippen LogP contribution >= 0.6 is 0 Å². The molecule has 2 fully saturated rings. The van der Waals surface area contributed by atoms with Gasteiger partial charge in [-0.3, -0.25) is 19.7 Å². The van der Waals surface area contributed by atoms with Crippen molar-refractivity contribution < 1.29 is 33.4 Å². The molecule has 1 unspecified atom stereocenters. The number of carbonyl (C=O) groups excluding carboxylic acids is 3. The number of nitriles is 1. The summed E-state index contributed by atoms with van der Waals surface area (Å²) < 4.78 is 26.8. The van der Waals surface area contributed by atoms with Crippen LogP contribution in [-0.2, 0) is 28.3 Å². The molecule has 0 spiro atoms. The van der Waals surface area contributed by atoms with E-state index in [4.69, 9.17) is 9.47 Å². The number of hydrogen-bond donors (Lipinski definition) is 2. The van der Waals surface area contributed by atoms with E-state index in [1.165, 1.54) is 18.1 Å². The number of benzene rings is 3. The topological polar surface area (TPSA) is 132 Å². The van der Waals surface area contributed by atoms with Crippen LogP contribution in [0.4, 0.5) is 10.1 Å². The minimum atomic E-state index is -1.26. The summed E-state index contributed by atoms with van der Waals surface area (Å²) in [5.41, 5.74) is 1.97. The van der Waals surface area contributed by atoms with Gasteiger partial charge in [-0.05, 0) is 68.0 Å². The van der Waals surface area contributed by atoms with Gasteiger partial charge in [0.15, 0.2) is 0 Å². The summed E-state index contributed by atoms with van der Waals surface area (Å²) in [7, 11) is 1.54.